The SMILES string of the molecule is CC(NC(=O)CCC1CCNC1)c1nc2ccccc2[nH]1.Cl.Cl. The van der Waals surface area contributed by atoms with Crippen LogP contribution in [-0.2, 0) is 4.79 Å². The molecule has 3 N–H and O–H groups in total. The Kier molecular flexibility index (Phi) is 7.82. The molecular weight excluding hydrogens is 335 g/mol. The Hall–Kier alpha value is -1.30. The maximum Gasteiger partial charge on any atom is 0.220 e. The summed E-state index contributed by atoms with van der Waals surface area (Å²) in [5.74, 6) is 1.57. The maximum atomic E-state index is 12.0. The summed E-state index contributed by atoms with van der Waals surface area (Å²) >= 11 is 0. The standard InChI is InChI=1S/C16H22N4O.2ClH/c1-11(16-19-13-4-2-3-5-14(13)20-16)18-15(21)7-6-12-8-9-17-10-12;;/h2-5,11-12,17H,6-10H2,1H3,(H,18,21)(H,19,20);2*1H. The largest absolute Gasteiger partial charge is 0.346 e. The number of imidazole rings is 1. The number of fused-ring (bicyclic) bond motifs is 1. The number of carbonyl (C=O) groups excluding carboxylic acids is 1. The van der Waals surface area contributed by atoms with Crippen LogP contribution in [0.15, 0.2) is 24.3 Å². The normalized spacial score (nSPS) is 18.0. The summed E-state index contributed by atoms with van der Waals surface area (Å²) in [5, 5.41) is 6.36. The predicted molar refractivity (Wildman–Crippen MR) is 97.4 cm³/mol. The third-order valence-corrected chi connectivity index (χ3v) is 4.14. The quantitative estimate of drug-likeness (QED) is 0.769. The Labute approximate surface area is 148 Å². The number of carbonyl (C=O) groups is 1. The van der Waals surface area contributed by atoms with Gasteiger partial charge in [-0.3, -0.25) is 4.79 Å². The Bertz CT molecular complexity index is 592. The molecule has 0 spiro atoms. The average molecular weight is 359 g/mol. The number of rotatable bonds is 5. The molecule has 2 heterocycles. The van der Waals surface area contributed by atoms with Gasteiger partial charge in [0.2, 0.25) is 5.91 Å². The summed E-state index contributed by atoms with van der Waals surface area (Å²) in [6.07, 6.45) is 2.75. The summed E-state index contributed by atoms with van der Waals surface area (Å²) in [6.45, 7) is 4.10. The highest BCUT2D eigenvalue weighted by Gasteiger charge is 2.17. The lowest BCUT2D eigenvalue weighted by molar-refractivity contribution is -0.122. The van der Waals surface area contributed by atoms with E-state index in [2.05, 4.69) is 20.6 Å². The number of H-pyrrole nitrogens is 1. The van der Waals surface area contributed by atoms with Gasteiger partial charge >= 0.3 is 0 Å². The predicted octanol–water partition coefficient (Wildman–Crippen LogP) is 2.97. The van der Waals surface area contributed by atoms with Gasteiger partial charge in [0.1, 0.15) is 5.82 Å². The van der Waals surface area contributed by atoms with Crippen molar-refractivity contribution in [3.8, 4) is 0 Å². The van der Waals surface area contributed by atoms with Crippen molar-refractivity contribution in [3.05, 3.63) is 30.1 Å². The number of aromatic nitrogens is 2. The van der Waals surface area contributed by atoms with E-state index < -0.39 is 0 Å². The zero-order valence-corrected chi connectivity index (χ0v) is 14.8. The second-order valence-corrected chi connectivity index (χ2v) is 5.83. The molecule has 3 rings (SSSR count). The monoisotopic (exact) mass is 358 g/mol. The Morgan fingerprint density at radius 3 is 2.87 bits per heavy atom. The van der Waals surface area contributed by atoms with E-state index in [0.29, 0.717) is 12.3 Å². The zero-order valence-electron chi connectivity index (χ0n) is 13.2. The van der Waals surface area contributed by atoms with Gasteiger partial charge < -0.3 is 15.6 Å². The maximum absolute atomic E-state index is 12.0. The van der Waals surface area contributed by atoms with Gasteiger partial charge in [-0.2, -0.15) is 0 Å². The van der Waals surface area contributed by atoms with Crippen LogP contribution in [0.5, 0.6) is 0 Å². The minimum absolute atomic E-state index is 0. The second-order valence-electron chi connectivity index (χ2n) is 5.83. The lowest BCUT2D eigenvalue weighted by atomic mass is 10.0. The van der Waals surface area contributed by atoms with Crippen molar-refractivity contribution < 1.29 is 4.79 Å². The number of benzene rings is 1. The van der Waals surface area contributed by atoms with Crippen LogP contribution in [0.1, 0.15) is 38.1 Å². The van der Waals surface area contributed by atoms with E-state index in [0.717, 1.165) is 36.4 Å². The molecule has 1 aromatic carbocycles. The molecule has 0 radical (unpaired) electrons. The molecular formula is C16H24Cl2N4O. The summed E-state index contributed by atoms with van der Waals surface area (Å²) in [5.41, 5.74) is 1.94. The lowest BCUT2D eigenvalue weighted by Gasteiger charge is -2.13. The van der Waals surface area contributed by atoms with Gasteiger partial charge in [0.25, 0.3) is 0 Å². The summed E-state index contributed by atoms with van der Waals surface area (Å²) in [7, 11) is 0. The number of nitrogens with one attached hydrogen (secondary N) is 3. The Morgan fingerprint density at radius 1 is 1.39 bits per heavy atom. The van der Waals surface area contributed by atoms with Crippen LogP contribution >= 0.6 is 24.8 Å². The van der Waals surface area contributed by atoms with E-state index in [1.165, 1.54) is 6.42 Å². The van der Waals surface area contributed by atoms with E-state index in [1.54, 1.807) is 0 Å². The van der Waals surface area contributed by atoms with Crippen LogP contribution < -0.4 is 10.6 Å². The highest BCUT2D eigenvalue weighted by molar-refractivity contribution is 5.85. The van der Waals surface area contributed by atoms with Crippen LogP contribution in [-0.4, -0.2) is 29.0 Å². The third-order valence-electron chi connectivity index (χ3n) is 4.14. The molecule has 2 atom stereocenters. The minimum Gasteiger partial charge on any atom is -0.346 e. The molecule has 5 nitrogen and oxygen atoms in total. The number of para-hydroxylation sites is 2. The van der Waals surface area contributed by atoms with E-state index >= 15 is 0 Å². The van der Waals surface area contributed by atoms with Gasteiger partial charge in [0, 0.05) is 6.42 Å². The van der Waals surface area contributed by atoms with E-state index in [4.69, 9.17) is 0 Å². The van der Waals surface area contributed by atoms with Crippen LogP contribution in [0.3, 0.4) is 0 Å². The molecule has 1 aliphatic heterocycles. The van der Waals surface area contributed by atoms with E-state index in [-0.39, 0.29) is 36.8 Å². The third kappa shape index (κ3) is 5.09. The summed E-state index contributed by atoms with van der Waals surface area (Å²) < 4.78 is 0. The molecule has 0 aliphatic carbocycles. The number of amides is 1. The molecule has 1 aromatic heterocycles. The van der Waals surface area contributed by atoms with Crippen LogP contribution in [0.25, 0.3) is 11.0 Å². The van der Waals surface area contributed by atoms with Gasteiger partial charge in [-0.25, -0.2) is 4.98 Å². The second kappa shape index (κ2) is 9.11. The first kappa shape index (κ1) is 19.7. The van der Waals surface area contributed by atoms with Gasteiger partial charge in [0.15, 0.2) is 0 Å². The molecule has 128 valence electrons. The van der Waals surface area contributed by atoms with Crippen molar-refractivity contribution in [1.82, 2.24) is 20.6 Å². The van der Waals surface area contributed by atoms with Crippen LogP contribution in [0.4, 0.5) is 0 Å². The highest BCUT2D eigenvalue weighted by Crippen LogP contribution is 2.17. The van der Waals surface area contributed by atoms with Crippen molar-refractivity contribution >= 4 is 41.8 Å². The first-order valence-electron chi connectivity index (χ1n) is 7.67. The zero-order chi connectivity index (χ0) is 14.7. The lowest BCUT2D eigenvalue weighted by Crippen LogP contribution is -2.27. The fourth-order valence-corrected chi connectivity index (χ4v) is 2.86. The molecule has 1 aliphatic rings. The molecule has 1 saturated heterocycles. The Morgan fingerprint density at radius 2 is 2.17 bits per heavy atom. The smallest absolute Gasteiger partial charge is 0.220 e. The van der Waals surface area contributed by atoms with E-state index in [1.807, 2.05) is 31.2 Å². The molecule has 23 heavy (non-hydrogen) atoms. The molecule has 1 fully saturated rings. The van der Waals surface area contributed by atoms with Crippen molar-refractivity contribution in [1.29, 1.82) is 0 Å². The van der Waals surface area contributed by atoms with Crippen molar-refractivity contribution in [2.24, 2.45) is 5.92 Å². The minimum atomic E-state index is -0.0911. The Balaban J connectivity index is 0.00000132. The molecule has 0 saturated carbocycles. The van der Waals surface area contributed by atoms with Crippen molar-refractivity contribution in [3.63, 3.8) is 0 Å². The summed E-state index contributed by atoms with van der Waals surface area (Å²) in [4.78, 5) is 19.8. The summed E-state index contributed by atoms with van der Waals surface area (Å²) in [6, 6.07) is 7.81. The number of hydrogen-bond donors (Lipinski definition) is 3. The molecule has 2 unspecified atom stereocenters. The van der Waals surface area contributed by atoms with Crippen LogP contribution in [0, 0.1) is 5.92 Å². The fraction of sp³-hybridized carbons (Fsp3) is 0.500. The first-order valence-corrected chi connectivity index (χ1v) is 7.67. The van der Waals surface area contributed by atoms with Crippen molar-refractivity contribution in [2.75, 3.05) is 13.1 Å². The number of nitrogens with zero attached hydrogens (tertiary/aromatic N) is 1. The van der Waals surface area contributed by atoms with E-state index in [9.17, 15) is 4.79 Å². The van der Waals surface area contributed by atoms with Crippen LogP contribution in [0.2, 0.25) is 0 Å². The number of aromatic amines is 1. The van der Waals surface area contributed by atoms with Gasteiger partial charge in [0.05, 0.1) is 17.1 Å². The topological polar surface area (TPSA) is 69.8 Å². The van der Waals surface area contributed by atoms with Gasteiger partial charge in [-0.05, 0) is 50.9 Å². The number of halogens is 2. The number of hydrogen-bond acceptors (Lipinski definition) is 3. The van der Waals surface area contributed by atoms with Gasteiger partial charge in [-0.1, -0.05) is 12.1 Å². The molecule has 1 amide bonds. The molecule has 7 heteroatoms. The van der Waals surface area contributed by atoms with Gasteiger partial charge in [-0.15, -0.1) is 24.8 Å². The first-order chi connectivity index (χ1) is 10.2. The average Bonchev–Trinajstić information content (AvgIpc) is 3.14. The molecule has 2 aromatic rings. The molecule has 0 bridgehead atoms. The van der Waals surface area contributed by atoms with Crippen molar-refractivity contribution in [2.45, 2.75) is 32.2 Å². The fourth-order valence-electron chi connectivity index (χ4n) is 2.86. The highest BCUT2D eigenvalue weighted by atomic mass is 35.5.